The van der Waals surface area contributed by atoms with Crippen LogP contribution in [0.25, 0.3) is 0 Å². The molecular weight excluding hydrogens is 304 g/mol. The zero-order chi connectivity index (χ0) is 17.1. The highest BCUT2D eigenvalue weighted by Crippen LogP contribution is 2.08. The molecule has 0 aliphatic rings. The molecule has 7 heteroatoms. The molecule has 1 amide bonds. The number of carboxylic acids is 1. The molecule has 0 fully saturated rings. The van der Waals surface area contributed by atoms with Crippen LogP contribution in [0.2, 0.25) is 0 Å². The molecule has 0 saturated carbocycles. The number of rotatable bonds is 12. The van der Waals surface area contributed by atoms with Crippen molar-refractivity contribution in [1.29, 1.82) is 0 Å². The molecule has 4 N–H and O–H groups in total. The third-order valence-corrected chi connectivity index (χ3v) is 3.85. The molecule has 0 spiro atoms. The summed E-state index contributed by atoms with van der Waals surface area (Å²) in [5, 5.41) is 24.5. The van der Waals surface area contributed by atoms with Gasteiger partial charge in [0, 0.05) is 0 Å². The molecular formula is C15H30N2O4S. The van der Waals surface area contributed by atoms with E-state index in [0.29, 0.717) is 19.3 Å². The average molecular weight is 334 g/mol. The molecule has 0 bridgehead atoms. The maximum atomic E-state index is 12.3. The predicted molar refractivity (Wildman–Crippen MR) is 89.9 cm³/mol. The highest BCUT2D eigenvalue weighted by Gasteiger charge is 2.26. The van der Waals surface area contributed by atoms with Gasteiger partial charge in [0.15, 0.2) is 0 Å². The van der Waals surface area contributed by atoms with Gasteiger partial charge in [-0.3, -0.25) is 10.1 Å². The molecule has 0 aliphatic carbocycles. The third kappa shape index (κ3) is 9.27. The number of amides is 1. The Kier molecular flexibility index (Phi) is 11.3. The molecule has 130 valence electrons. The highest BCUT2D eigenvalue weighted by atomic mass is 32.2. The lowest BCUT2D eigenvalue weighted by Crippen LogP contribution is -2.53. The molecule has 22 heavy (non-hydrogen) atoms. The number of thioether (sulfide) groups is 1. The van der Waals surface area contributed by atoms with Crippen LogP contribution < -0.4 is 10.6 Å². The van der Waals surface area contributed by atoms with Gasteiger partial charge in [0.2, 0.25) is 5.91 Å². The minimum atomic E-state index is -1.03. The van der Waals surface area contributed by atoms with Gasteiger partial charge in [0.05, 0.1) is 6.04 Å². The van der Waals surface area contributed by atoms with Crippen LogP contribution in [0.5, 0.6) is 0 Å². The maximum Gasteiger partial charge on any atom is 0.326 e. The van der Waals surface area contributed by atoms with Crippen LogP contribution in [0, 0.1) is 5.92 Å². The lowest BCUT2D eigenvalue weighted by molar-refractivity contribution is -0.142. The van der Waals surface area contributed by atoms with Crippen molar-refractivity contribution in [3.05, 3.63) is 0 Å². The van der Waals surface area contributed by atoms with Crippen LogP contribution in [0.1, 0.15) is 46.5 Å². The number of hydrogen-bond acceptors (Lipinski definition) is 5. The van der Waals surface area contributed by atoms with Gasteiger partial charge in [-0.2, -0.15) is 11.8 Å². The zero-order valence-corrected chi connectivity index (χ0v) is 14.8. The van der Waals surface area contributed by atoms with Gasteiger partial charge < -0.3 is 15.5 Å². The first kappa shape index (κ1) is 21.2. The molecule has 0 heterocycles. The third-order valence-electron chi connectivity index (χ3n) is 3.20. The van der Waals surface area contributed by atoms with E-state index in [-0.39, 0.29) is 11.8 Å². The fraction of sp³-hybridized carbons (Fsp3) is 0.867. The Morgan fingerprint density at radius 1 is 1.18 bits per heavy atom. The summed E-state index contributed by atoms with van der Waals surface area (Å²) in [7, 11) is 0. The quantitative estimate of drug-likeness (QED) is 0.403. The van der Waals surface area contributed by atoms with Crippen LogP contribution in [0.15, 0.2) is 0 Å². The Labute approximate surface area is 137 Å². The molecule has 0 aromatic rings. The second-order valence-electron chi connectivity index (χ2n) is 5.83. The summed E-state index contributed by atoms with van der Waals surface area (Å²) >= 11 is 1.61. The lowest BCUT2D eigenvalue weighted by atomic mass is 10.0. The van der Waals surface area contributed by atoms with Crippen molar-refractivity contribution in [2.24, 2.45) is 5.92 Å². The van der Waals surface area contributed by atoms with Gasteiger partial charge in [-0.1, -0.05) is 27.2 Å². The van der Waals surface area contributed by atoms with E-state index in [1.165, 1.54) is 0 Å². The highest BCUT2D eigenvalue weighted by molar-refractivity contribution is 7.98. The summed E-state index contributed by atoms with van der Waals surface area (Å²) in [6.45, 7) is 5.78. The van der Waals surface area contributed by atoms with E-state index in [9.17, 15) is 19.8 Å². The number of aliphatic hydroxyl groups is 1. The molecule has 6 nitrogen and oxygen atoms in total. The molecule has 0 aromatic carbocycles. The van der Waals surface area contributed by atoms with Gasteiger partial charge in [-0.05, 0) is 37.2 Å². The van der Waals surface area contributed by atoms with Crippen molar-refractivity contribution >= 4 is 23.6 Å². The Bertz CT molecular complexity index is 340. The number of nitrogens with one attached hydrogen (secondary N) is 2. The Hall–Kier alpha value is -0.790. The van der Waals surface area contributed by atoms with Gasteiger partial charge in [0.1, 0.15) is 12.3 Å². The van der Waals surface area contributed by atoms with E-state index in [1.54, 1.807) is 11.8 Å². The lowest BCUT2D eigenvalue weighted by Gasteiger charge is -2.24. The van der Waals surface area contributed by atoms with Crippen LogP contribution in [0.3, 0.4) is 0 Å². The van der Waals surface area contributed by atoms with Crippen LogP contribution in [-0.4, -0.2) is 52.4 Å². The number of aliphatic carboxylic acids is 1. The first-order valence-electron chi connectivity index (χ1n) is 7.78. The summed E-state index contributed by atoms with van der Waals surface area (Å²) in [4.78, 5) is 23.6. The van der Waals surface area contributed by atoms with E-state index < -0.39 is 24.3 Å². The topological polar surface area (TPSA) is 98.7 Å². The Morgan fingerprint density at radius 2 is 1.82 bits per heavy atom. The summed E-state index contributed by atoms with van der Waals surface area (Å²) < 4.78 is 0. The van der Waals surface area contributed by atoms with Gasteiger partial charge >= 0.3 is 5.97 Å². The number of aliphatic hydroxyl groups excluding tert-OH is 1. The van der Waals surface area contributed by atoms with Crippen LogP contribution in [-0.2, 0) is 9.59 Å². The van der Waals surface area contributed by atoms with Crippen molar-refractivity contribution in [2.75, 3.05) is 12.0 Å². The molecule has 0 aliphatic heterocycles. The monoisotopic (exact) mass is 334 g/mol. The number of carboxylic acid groups (broad SMARTS) is 1. The van der Waals surface area contributed by atoms with Gasteiger partial charge in [-0.25, -0.2) is 4.79 Å². The standard InChI is InChI=1S/C15H30N2O4S/c1-5-6-13(18)16-11(7-8-22-4)14(19)17-12(15(20)21)9-10(2)3/h10-13,16,18H,5-9H2,1-4H3,(H,17,19)(H,20,21). The summed E-state index contributed by atoms with van der Waals surface area (Å²) in [6, 6.07) is -1.47. The number of hydrogen-bond donors (Lipinski definition) is 4. The van der Waals surface area contributed by atoms with Crippen LogP contribution in [0.4, 0.5) is 0 Å². The van der Waals surface area contributed by atoms with Crippen molar-refractivity contribution in [3.8, 4) is 0 Å². The SMILES string of the molecule is CCCC(O)NC(CCSC)C(=O)NC(CC(C)C)C(=O)O. The molecule has 0 rings (SSSR count). The van der Waals surface area contributed by atoms with Crippen LogP contribution >= 0.6 is 11.8 Å². The smallest absolute Gasteiger partial charge is 0.326 e. The predicted octanol–water partition coefficient (Wildman–Crippen LogP) is 1.43. The van der Waals surface area contributed by atoms with Crippen molar-refractivity contribution < 1.29 is 19.8 Å². The fourth-order valence-corrected chi connectivity index (χ4v) is 2.55. The minimum Gasteiger partial charge on any atom is -0.480 e. The van der Waals surface area contributed by atoms with Crippen molar-refractivity contribution in [2.45, 2.75) is 64.8 Å². The molecule has 3 atom stereocenters. The largest absolute Gasteiger partial charge is 0.480 e. The maximum absolute atomic E-state index is 12.3. The van der Waals surface area contributed by atoms with Gasteiger partial charge in [0.25, 0.3) is 0 Å². The summed E-state index contributed by atoms with van der Waals surface area (Å²) in [5.74, 6) is -0.465. The van der Waals surface area contributed by atoms with Crippen molar-refractivity contribution in [3.63, 3.8) is 0 Å². The average Bonchev–Trinajstić information content (AvgIpc) is 2.42. The van der Waals surface area contributed by atoms with E-state index >= 15 is 0 Å². The normalized spacial score (nSPS) is 15.4. The number of carbonyl (C=O) groups is 2. The molecule has 0 saturated heterocycles. The summed E-state index contributed by atoms with van der Waals surface area (Å²) in [6.07, 6.45) is 3.47. The van der Waals surface area contributed by atoms with Gasteiger partial charge in [-0.15, -0.1) is 0 Å². The zero-order valence-electron chi connectivity index (χ0n) is 14.0. The minimum absolute atomic E-state index is 0.171. The second kappa shape index (κ2) is 11.7. The summed E-state index contributed by atoms with van der Waals surface area (Å²) in [5.41, 5.74) is 0. The Balaban J connectivity index is 4.73. The fourth-order valence-electron chi connectivity index (χ4n) is 2.08. The first-order chi connectivity index (χ1) is 10.3. The first-order valence-corrected chi connectivity index (χ1v) is 9.17. The van der Waals surface area contributed by atoms with E-state index in [1.807, 2.05) is 27.0 Å². The second-order valence-corrected chi connectivity index (χ2v) is 6.82. The van der Waals surface area contributed by atoms with E-state index in [0.717, 1.165) is 12.2 Å². The molecule has 0 radical (unpaired) electrons. The Morgan fingerprint density at radius 3 is 2.27 bits per heavy atom. The van der Waals surface area contributed by atoms with E-state index in [2.05, 4.69) is 10.6 Å². The number of carbonyl (C=O) groups excluding carboxylic acids is 1. The van der Waals surface area contributed by atoms with Crippen molar-refractivity contribution in [1.82, 2.24) is 10.6 Å². The molecule has 0 aromatic heterocycles. The van der Waals surface area contributed by atoms with E-state index in [4.69, 9.17) is 0 Å². The molecule has 3 unspecified atom stereocenters.